The van der Waals surface area contributed by atoms with E-state index in [2.05, 4.69) is 9.97 Å². The molecule has 0 spiro atoms. The molecular formula is C30H28ClF4N3O5S. The molecule has 0 radical (unpaired) electrons. The lowest BCUT2D eigenvalue weighted by Gasteiger charge is -2.25. The molecule has 1 heterocycles. The standard InChI is InChI=1S/C30H28ClF4N3O5S/c1-44(40,41)15-14-38(28(39)30(33,34)35)13-5-10-26(43-29-36-18-22-7-2-3-9-25(22)37-29)21-11-12-27(24(31)17-21)42-19-20-6-4-8-23(32)16-20/h2-4,6-9,11-12,16-18,26H,5,10,13-15,19H2,1H3. The number of sulfone groups is 1. The number of halogens is 5. The van der Waals surface area contributed by atoms with Gasteiger partial charge in [-0.3, -0.25) is 4.79 Å². The quantitative estimate of drug-likeness (QED) is 0.155. The van der Waals surface area contributed by atoms with Gasteiger partial charge >= 0.3 is 18.1 Å². The normalized spacial score (nSPS) is 12.6. The number of aromatic nitrogens is 2. The molecule has 1 unspecified atom stereocenters. The lowest BCUT2D eigenvalue weighted by molar-refractivity contribution is -0.185. The second-order valence-corrected chi connectivity index (χ2v) is 12.7. The summed E-state index contributed by atoms with van der Waals surface area (Å²) >= 11 is 6.49. The Kier molecular flexibility index (Phi) is 10.6. The number of carbonyl (C=O) groups excluding carboxylic acids is 1. The van der Waals surface area contributed by atoms with Crippen LogP contribution in [0.2, 0.25) is 5.02 Å². The first-order valence-electron chi connectivity index (χ1n) is 13.4. The molecule has 0 bridgehead atoms. The summed E-state index contributed by atoms with van der Waals surface area (Å²) in [5.74, 6) is -2.84. The fourth-order valence-electron chi connectivity index (χ4n) is 4.29. The van der Waals surface area contributed by atoms with E-state index in [9.17, 15) is 30.8 Å². The summed E-state index contributed by atoms with van der Waals surface area (Å²) in [7, 11) is -3.62. The van der Waals surface area contributed by atoms with E-state index in [0.717, 1.165) is 11.6 Å². The molecule has 0 N–H and O–H groups in total. The molecule has 0 aliphatic carbocycles. The van der Waals surface area contributed by atoms with Gasteiger partial charge in [0.1, 0.15) is 34.1 Å². The van der Waals surface area contributed by atoms with Gasteiger partial charge in [0.25, 0.3) is 0 Å². The minimum atomic E-state index is -5.17. The third-order valence-electron chi connectivity index (χ3n) is 6.48. The average molecular weight is 654 g/mol. The van der Waals surface area contributed by atoms with Gasteiger partial charge in [-0.05, 0) is 54.3 Å². The van der Waals surface area contributed by atoms with Crippen LogP contribution in [0.1, 0.15) is 30.1 Å². The molecule has 8 nitrogen and oxygen atoms in total. The summed E-state index contributed by atoms with van der Waals surface area (Å²) < 4.78 is 88.2. The number of alkyl halides is 3. The van der Waals surface area contributed by atoms with Crippen molar-refractivity contribution in [3.8, 4) is 11.8 Å². The summed E-state index contributed by atoms with van der Waals surface area (Å²) in [6.07, 6.45) is -3.42. The van der Waals surface area contributed by atoms with Crippen LogP contribution in [0.3, 0.4) is 0 Å². The van der Waals surface area contributed by atoms with E-state index in [-0.39, 0.29) is 37.0 Å². The number of ether oxygens (including phenoxy) is 2. The highest BCUT2D eigenvalue weighted by atomic mass is 35.5. The second kappa shape index (κ2) is 14.2. The van der Waals surface area contributed by atoms with Crippen molar-refractivity contribution in [2.45, 2.75) is 31.7 Å². The number of benzene rings is 3. The summed E-state index contributed by atoms with van der Waals surface area (Å²) in [6.45, 7) is -0.938. The number of amides is 1. The maximum absolute atomic E-state index is 13.5. The lowest BCUT2D eigenvalue weighted by Crippen LogP contribution is -2.43. The van der Waals surface area contributed by atoms with E-state index in [1.54, 1.807) is 48.7 Å². The van der Waals surface area contributed by atoms with Crippen molar-refractivity contribution < 1.29 is 40.2 Å². The van der Waals surface area contributed by atoms with Gasteiger partial charge in [-0.15, -0.1) is 0 Å². The topological polar surface area (TPSA) is 98.7 Å². The van der Waals surface area contributed by atoms with Crippen molar-refractivity contribution in [2.75, 3.05) is 25.1 Å². The molecule has 0 aliphatic heterocycles. The molecular weight excluding hydrogens is 626 g/mol. The number of hydrogen-bond acceptors (Lipinski definition) is 7. The Morgan fingerprint density at radius 3 is 2.52 bits per heavy atom. The van der Waals surface area contributed by atoms with Crippen LogP contribution in [0.4, 0.5) is 17.6 Å². The molecule has 4 rings (SSSR count). The Hall–Kier alpha value is -3.97. The molecule has 1 atom stereocenters. The molecule has 1 aromatic heterocycles. The van der Waals surface area contributed by atoms with Crippen LogP contribution in [-0.2, 0) is 21.2 Å². The first-order chi connectivity index (χ1) is 20.8. The summed E-state index contributed by atoms with van der Waals surface area (Å²) in [5.41, 5.74) is 1.72. The van der Waals surface area contributed by atoms with Crippen LogP contribution in [0.5, 0.6) is 11.8 Å². The minimum absolute atomic E-state index is 0.0107. The van der Waals surface area contributed by atoms with E-state index in [0.29, 0.717) is 27.3 Å². The predicted octanol–water partition coefficient (Wildman–Crippen LogP) is 6.34. The molecule has 1 amide bonds. The summed E-state index contributed by atoms with van der Waals surface area (Å²) in [4.78, 5) is 21.1. The molecule has 0 saturated carbocycles. The smallest absolute Gasteiger partial charge is 0.471 e. The SMILES string of the molecule is CS(=O)(=O)CCN(CCCC(Oc1ncc2ccccc2n1)c1ccc(OCc2cccc(F)c2)c(Cl)c1)C(=O)C(F)(F)F. The monoisotopic (exact) mass is 653 g/mol. The van der Waals surface area contributed by atoms with Gasteiger partial charge in [0.15, 0.2) is 0 Å². The van der Waals surface area contributed by atoms with Crippen molar-refractivity contribution >= 4 is 38.2 Å². The molecule has 14 heteroatoms. The van der Waals surface area contributed by atoms with Crippen molar-refractivity contribution in [3.05, 3.63) is 94.9 Å². The fraction of sp³-hybridized carbons (Fsp3) is 0.300. The van der Waals surface area contributed by atoms with E-state index >= 15 is 0 Å². The third-order valence-corrected chi connectivity index (χ3v) is 7.70. The lowest BCUT2D eigenvalue weighted by atomic mass is 10.0. The van der Waals surface area contributed by atoms with E-state index in [4.69, 9.17) is 21.1 Å². The van der Waals surface area contributed by atoms with Gasteiger partial charge in [-0.1, -0.05) is 48.0 Å². The summed E-state index contributed by atoms with van der Waals surface area (Å²) in [5, 5.41) is 0.973. The van der Waals surface area contributed by atoms with Crippen LogP contribution in [0, 0.1) is 5.82 Å². The van der Waals surface area contributed by atoms with Crippen molar-refractivity contribution in [2.24, 2.45) is 0 Å². The zero-order valence-corrected chi connectivity index (χ0v) is 25.0. The van der Waals surface area contributed by atoms with Gasteiger partial charge in [-0.25, -0.2) is 17.8 Å². The fourth-order valence-corrected chi connectivity index (χ4v) is 5.09. The number of fused-ring (bicyclic) bond motifs is 1. The van der Waals surface area contributed by atoms with E-state index < -0.39 is 46.1 Å². The Bertz CT molecular complexity index is 1720. The van der Waals surface area contributed by atoms with Crippen LogP contribution < -0.4 is 9.47 Å². The van der Waals surface area contributed by atoms with Gasteiger partial charge in [0.05, 0.1) is 16.3 Å². The highest BCUT2D eigenvalue weighted by Gasteiger charge is 2.42. The number of para-hydroxylation sites is 1. The molecule has 3 aromatic carbocycles. The number of nitrogens with zero attached hydrogens (tertiary/aromatic N) is 3. The Morgan fingerprint density at radius 2 is 1.82 bits per heavy atom. The molecule has 4 aromatic rings. The van der Waals surface area contributed by atoms with Gasteiger partial charge in [0.2, 0.25) is 0 Å². The van der Waals surface area contributed by atoms with Crippen molar-refractivity contribution in [1.29, 1.82) is 0 Å². The number of hydrogen-bond donors (Lipinski definition) is 0. The minimum Gasteiger partial charge on any atom is -0.487 e. The zero-order chi connectivity index (χ0) is 31.9. The van der Waals surface area contributed by atoms with Crippen LogP contribution in [0.25, 0.3) is 10.9 Å². The first-order valence-corrected chi connectivity index (χ1v) is 15.8. The van der Waals surface area contributed by atoms with Crippen LogP contribution in [0.15, 0.2) is 72.9 Å². The molecule has 44 heavy (non-hydrogen) atoms. The van der Waals surface area contributed by atoms with Crippen LogP contribution in [-0.4, -0.2) is 60.5 Å². The average Bonchev–Trinajstić information content (AvgIpc) is 2.96. The maximum atomic E-state index is 13.5. The number of carbonyl (C=O) groups is 1. The summed E-state index contributed by atoms with van der Waals surface area (Å²) in [6, 6.07) is 17.9. The first kappa shape index (κ1) is 32.9. The van der Waals surface area contributed by atoms with Crippen molar-refractivity contribution in [3.63, 3.8) is 0 Å². The highest BCUT2D eigenvalue weighted by Crippen LogP contribution is 2.32. The van der Waals surface area contributed by atoms with Gasteiger partial charge < -0.3 is 14.4 Å². The molecule has 234 valence electrons. The Morgan fingerprint density at radius 1 is 1.05 bits per heavy atom. The highest BCUT2D eigenvalue weighted by molar-refractivity contribution is 7.90. The van der Waals surface area contributed by atoms with Crippen molar-refractivity contribution in [1.82, 2.24) is 14.9 Å². The van der Waals surface area contributed by atoms with Gasteiger partial charge in [-0.2, -0.15) is 18.2 Å². The maximum Gasteiger partial charge on any atom is 0.471 e. The Balaban J connectivity index is 1.54. The molecule has 0 fully saturated rings. The van der Waals surface area contributed by atoms with Crippen LogP contribution >= 0.6 is 11.6 Å². The van der Waals surface area contributed by atoms with E-state index in [1.807, 2.05) is 12.1 Å². The Labute approximate surface area is 256 Å². The molecule has 0 aliphatic rings. The number of rotatable bonds is 13. The van der Waals surface area contributed by atoms with E-state index in [1.165, 1.54) is 12.1 Å². The largest absolute Gasteiger partial charge is 0.487 e. The second-order valence-electron chi connectivity index (χ2n) is 9.99. The predicted molar refractivity (Wildman–Crippen MR) is 157 cm³/mol. The zero-order valence-electron chi connectivity index (χ0n) is 23.4. The third kappa shape index (κ3) is 9.52. The molecule has 0 saturated heterocycles. The van der Waals surface area contributed by atoms with Gasteiger partial charge in [0, 0.05) is 30.9 Å².